The molecule has 1 unspecified atom stereocenters. The summed E-state index contributed by atoms with van der Waals surface area (Å²) in [5.41, 5.74) is 1.32. The highest BCUT2D eigenvalue weighted by Crippen LogP contribution is 2.30. The Morgan fingerprint density at radius 1 is 1.14 bits per heavy atom. The lowest BCUT2D eigenvalue weighted by molar-refractivity contribution is -0.138. The van der Waals surface area contributed by atoms with Crippen molar-refractivity contribution in [3.63, 3.8) is 0 Å². The van der Waals surface area contributed by atoms with Crippen molar-refractivity contribution in [2.24, 2.45) is 5.92 Å². The second-order valence-electron chi connectivity index (χ2n) is 7.84. The summed E-state index contributed by atoms with van der Waals surface area (Å²) in [5.74, 6) is -1.55. The molecule has 0 spiro atoms. The summed E-state index contributed by atoms with van der Waals surface area (Å²) in [4.78, 5) is 23.3. The van der Waals surface area contributed by atoms with Crippen LogP contribution in [0.2, 0.25) is 0 Å². The molecule has 0 saturated heterocycles. The fourth-order valence-electron chi connectivity index (χ4n) is 3.88. The number of aliphatic carboxylic acids is 1. The number of hydrogen-bond acceptors (Lipinski definition) is 3. The van der Waals surface area contributed by atoms with Gasteiger partial charge in [-0.2, -0.15) is 0 Å². The molecule has 1 atom stereocenters. The minimum Gasteiger partial charge on any atom is -0.481 e. The van der Waals surface area contributed by atoms with Crippen LogP contribution in [0.4, 0.5) is 4.39 Å². The average Bonchev–Trinajstić information content (AvgIpc) is 2.72. The predicted molar refractivity (Wildman–Crippen MR) is 109 cm³/mol. The summed E-state index contributed by atoms with van der Waals surface area (Å²) in [6.07, 6.45) is 7.42. The fourth-order valence-corrected chi connectivity index (χ4v) is 3.88. The van der Waals surface area contributed by atoms with Crippen LogP contribution in [0, 0.1) is 11.7 Å². The third-order valence-electron chi connectivity index (χ3n) is 5.72. The number of carboxylic acid groups (broad SMARTS) is 1. The monoisotopic (exact) mass is 398 g/mol. The molecule has 0 radical (unpaired) electrons. The van der Waals surface area contributed by atoms with Crippen LogP contribution >= 0.6 is 0 Å². The first-order valence-corrected chi connectivity index (χ1v) is 10.3. The van der Waals surface area contributed by atoms with E-state index >= 15 is 0 Å². The standard InChI is InChI=1S/C24H27FO4/c1-16(24(27)28)18-11-12-21(22(25)15-18)19-8-5-9-20(14-19)29-23(26)13-10-17-6-3-2-4-7-17/h5,8-9,11-12,14-17H,2-4,6-7,10,13H2,1H3,(H,27,28). The molecule has 0 bridgehead atoms. The minimum atomic E-state index is -1.00. The maximum Gasteiger partial charge on any atom is 0.311 e. The molecule has 0 amide bonds. The number of halogens is 1. The Bertz CT molecular complexity index is 871. The lowest BCUT2D eigenvalue weighted by atomic mass is 9.86. The molecule has 154 valence electrons. The number of carbonyl (C=O) groups is 2. The lowest BCUT2D eigenvalue weighted by Gasteiger charge is -2.20. The molecule has 2 aromatic carbocycles. The summed E-state index contributed by atoms with van der Waals surface area (Å²) in [5, 5.41) is 9.09. The maximum atomic E-state index is 14.6. The van der Waals surface area contributed by atoms with Crippen LogP contribution in [0.15, 0.2) is 42.5 Å². The second kappa shape index (κ2) is 9.68. The highest BCUT2D eigenvalue weighted by atomic mass is 19.1. The van der Waals surface area contributed by atoms with Crippen molar-refractivity contribution >= 4 is 11.9 Å². The van der Waals surface area contributed by atoms with E-state index in [0.29, 0.717) is 34.8 Å². The van der Waals surface area contributed by atoms with Crippen molar-refractivity contribution in [1.82, 2.24) is 0 Å². The molecule has 1 N–H and O–H groups in total. The number of benzene rings is 2. The largest absolute Gasteiger partial charge is 0.481 e. The lowest BCUT2D eigenvalue weighted by Crippen LogP contribution is -2.12. The highest BCUT2D eigenvalue weighted by Gasteiger charge is 2.17. The molecule has 5 heteroatoms. The Labute approximate surface area is 170 Å². The molecule has 29 heavy (non-hydrogen) atoms. The van der Waals surface area contributed by atoms with Gasteiger partial charge in [-0.15, -0.1) is 0 Å². The zero-order valence-electron chi connectivity index (χ0n) is 16.7. The van der Waals surface area contributed by atoms with Gasteiger partial charge in [-0.25, -0.2) is 4.39 Å². The molecular formula is C24H27FO4. The Hall–Kier alpha value is -2.69. The molecule has 4 nitrogen and oxygen atoms in total. The van der Waals surface area contributed by atoms with E-state index in [-0.39, 0.29) is 5.97 Å². The van der Waals surface area contributed by atoms with Gasteiger partial charge in [0.05, 0.1) is 5.92 Å². The topological polar surface area (TPSA) is 63.6 Å². The highest BCUT2D eigenvalue weighted by molar-refractivity contribution is 5.77. The molecule has 3 rings (SSSR count). The zero-order chi connectivity index (χ0) is 20.8. The first-order chi connectivity index (χ1) is 13.9. The Balaban J connectivity index is 1.66. The van der Waals surface area contributed by atoms with E-state index in [9.17, 15) is 14.0 Å². The second-order valence-corrected chi connectivity index (χ2v) is 7.84. The van der Waals surface area contributed by atoms with Crippen molar-refractivity contribution in [3.8, 4) is 16.9 Å². The fraction of sp³-hybridized carbons (Fsp3) is 0.417. The van der Waals surface area contributed by atoms with Gasteiger partial charge in [0.1, 0.15) is 11.6 Å². The molecule has 0 aromatic heterocycles. The van der Waals surface area contributed by atoms with E-state index in [1.807, 2.05) is 0 Å². The molecule has 0 aliphatic heterocycles. The molecule has 1 fully saturated rings. The number of carboxylic acids is 1. The Kier molecular flexibility index (Phi) is 7.02. The van der Waals surface area contributed by atoms with Crippen LogP contribution < -0.4 is 4.74 Å². The van der Waals surface area contributed by atoms with Crippen LogP contribution in [0.25, 0.3) is 11.1 Å². The van der Waals surface area contributed by atoms with Gasteiger partial charge in [0, 0.05) is 12.0 Å². The van der Waals surface area contributed by atoms with Crippen LogP contribution in [0.1, 0.15) is 63.4 Å². The molecule has 1 aliphatic rings. The Morgan fingerprint density at radius 3 is 2.59 bits per heavy atom. The molecule has 2 aromatic rings. The number of carbonyl (C=O) groups excluding carboxylic acids is 1. The van der Waals surface area contributed by atoms with Crippen molar-refractivity contribution in [2.45, 2.75) is 57.8 Å². The quantitative estimate of drug-likeness (QED) is 0.463. The van der Waals surface area contributed by atoms with Crippen LogP contribution in [0.5, 0.6) is 5.75 Å². The van der Waals surface area contributed by atoms with E-state index in [1.165, 1.54) is 45.1 Å². The van der Waals surface area contributed by atoms with Crippen LogP contribution in [0.3, 0.4) is 0 Å². The number of hydrogen-bond donors (Lipinski definition) is 1. The van der Waals surface area contributed by atoms with E-state index < -0.39 is 17.7 Å². The summed E-state index contributed by atoms with van der Waals surface area (Å²) in [7, 11) is 0. The van der Waals surface area contributed by atoms with Gasteiger partial charge in [-0.3, -0.25) is 9.59 Å². The first kappa shape index (κ1) is 21.0. The zero-order valence-corrected chi connectivity index (χ0v) is 16.7. The van der Waals surface area contributed by atoms with Gasteiger partial charge in [-0.1, -0.05) is 56.4 Å². The molecular weight excluding hydrogens is 371 g/mol. The van der Waals surface area contributed by atoms with E-state index in [2.05, 4.69) is 0 Å². The van der Waals surface area contributed by atoms with Gasteiger partial charge in [-0.05, 0) is 48.6 Å². The number of rotatable bonds is 7. The van der Waals surface area contributed by atoms with Crippen molar-refractivity contribution in [3.05, 3.63) is 53.8 Å². The van der Waals surface area contributed by atoms with E-state index in [4.69, 9.17) is 9.84 Å². The summed E-state index contributed by atoms with van der Waals surface area (Å²) >= 11 is 0. The molecule has 1 saturated carbocycles. The molecule has 0 heterocycles. The smallest absolute Gasteiger partial charge is 0.311 e. The third kappa shape index (κ3) is 5.66. The number of ether oxygens (including phenoxy) is 1. The Morgan fingerprint density at radius 2 is 1.90 bits per heavy atom. The maximum absolute atomic E-state index is 14.6. The van der Waals surface area contributed by atoms with Crippen LogP contribution in [-0.2, 0) is 9.59 Å². The van der Waals surface area contributed by atoms with Gasteiger partial charge in [0.25, 0.3) is 0 Å². The van der Waals surface area contributed by atoms with Gasteiger partial charge < -0.3 is 9.84 Å². The van der Waals surface area contributed by atoms with Crippen LogP contribution in [-0.4, -0.2) is 17.0 Å². The predicted octanol–water partition coefficient (Wildman–Crippen LogP) is 5.95. The first-order valence-electron chi connectivity index (χ1n) is 10.3. The van der Waals surface area contributed by atoms with Crippen molar-refractivity contribution in [2.75, 3.05) is 0 Å². The van der Waals surface area contributed by atoms with Crippen molar-refractivity contribution < 1.29 is 23.8 Å². The molecule has 1 aliphatic carbocycles. The van der Waals surface area contributed by atoms with Crippen molar-refractivity contribution in [1.29, 1.82) is 0 Å². The van der Waals surface area contributed by atoms with Gasteiger partial charge >= 0.3 is 11.9 Å². The van der Waals surface area contributed by atoms with E-state index in [0.717, 1.165) is 6.42 Å². The summed E-state index contributed by atoms with van der Waals surface area (Å²) < 4.78 is 20.0. The van der Waals surface area contributed by atoms with Gasteiger partial charge in [0.15, 0.2) is 0 Å². The summed E-state index contributed by atoms with van der Waals surface area (Å²) in [6, 6.07) is 11.2. The number of esters is 1. The summed E-state index contributed by atoms with van der Waals surface area (Å²) in [6.45, 7) is 1.52. The third-order valence-corrected chi connectivity index (χ3v) is 5.72. The normalized spacial score (nSPS) is 15.7. The van der Waals surface area contributed by atoms with E-state index in [1.54, 1.807) is 36.4 Å². The average molecular weight is 398 g/mol. The minimum absolute atomic E-state index is 0.265. The van der Waals surface area contributed by atoms with Gasteiger partial charge in [0.2, 0.25) is 0 Å². The SMILES string of the molecule is CC(C(=O)O)c1ccc(-c2cccc(OC(=O)CCC3CCCCC3)c2)c(F)c1.